The highest BCUT2D eigenvalue weighted by Gasteiger charge is 2.34. The molecule has 0 aliphatic carbocycles. The summed E-state index contributed by atoms with van der Waals surface area (Å²) in [7, 11) is 1.59. The Morgan fingerprint density at radius 1 is 1.12 bits per heavy atom. The highest BCUT2D eigenvalue weighted by atomic mass is 35.5. The summed E-state index contributed by atoms with van der Waals surface area (Å²) < 4.78 is 5.20. The van der Waals surface area contributed by atoms with Gasteiger partial charge in [0, 0.05) is 35.7 Å². The summed E-state index contributed by atoms with van der Waals surface area (Å²) in [5, 5.41) is 2.65. The molecule has 0 N–H and O–H groups in total. The Kier molecular flexibility index (Phi) is 7.48. The number of fused-ring (bicyclic) bond motifs is 1. The molecule has 4 rings (SSSR count). The van der Waals surface area contributed by atoms with Gasteiger partial charge in [-0.2, -0.15) is 0 Å². The summed E-state index contributed by atoms with van der Waals surface area (Å²) in [4.78, 5) is 31.6. The summed E-state index contributed by atoms with van der Waals surface area (Å²) >= 11 is 7.72. The number of rotatable bonds is 7. The predicted octanol–water partition coefficient (Wildman–Crippen LogP) is 4.97. The first-order valence-corrected chi connectivity index (χ1v) is 12.2. The number of hydrogen-bond donors (Lipinski definition) is 0. The van der Waals surface area contributed by atoms with Crippen molar-refractivity contribution in [2.45, 2.75) is 19.4 Å². The first-order valence-electron chi connectivity index (χ1n) is 10.9. The Balaban J connectivity index is 1.60. The molecule has 2 aromatic carbocycles. The van der Waals surface area contributed by atoms with E-state index in [2.05, 4.69) is 42.6 Å². The first-order chi connectivity index (χ1) is 16.0. The van der Waals surface area contributed by atoms with Crippen LogP contribution in [0.5, 0.6) is 0 Å². The van der Waals surface area contributed by atoms with Crippen molar-refractivity contribution in [3.8, 4) is 0 Å². The molecule has 1 atom stereocenters. The smallest absolute Gasteiger partial charge is 0.254 e. The molecule has 1 unspecified atom stereocenters. The van der Waals surface area contributed by atoms with Crippen molar-refractivity contribution in [3.05, 3.63) is 92.1 Å². The van der Waals surface area contributed by atoms with Crippen LogP contribution in [0.2, 0.25) is 5.02 Å². The Labute approximate surface area is 203 Å². The van der Waals surface area contributed by atoms with Crippen LogP contribution in [0.4, 0.5) is 0 Å². The van der Waals surface area contributed by atoms with E-state index in [0.717, 1.165) is 12.0 Å². The highest BCUT2D eigenvalue weighted by molar-refractivity contribution is 7.10. The number of halogens is 1. The molecule has 0 radical (unpaired) electrons. The Morgan fingerprint density at radius 3 is 2.55 bits per heavy atom. The number of nitrogens with zero attached hydrogens (tertiary/aromatic N) is 2. The van der Waals surface area contributed by atoms with Crippen molar-refractivity contribution in [1.82, 2.24) is 9.80 Å². The van der Waals surface area contributed by atoms with Gasteiger partial charge in [0.15, 0.2) is 0 Å². The van der Waals surface area contributed by atoms with Gasteiger partial charge < -0.3 is 14.5 Å². The molecule has 1 aliphatic heterocycles. The van der Waals surface area contributed by atoms with E-state index >= 15 is 0 Å². The second kappa shape index (κ2) is 10.5. The zero-order valence-electron chi connectivity index (χ0n) is 18.8. The van der Waals surface area contributed by atoms with Gasteiger partial charge in [-0.05, 0) is 60.2 Å². The van der Waals surface area contributed by atoms with Gasteiger partial charge in [-0.15, -0.1) is 11.3 Å². The van der Waals surface area contributed by atoms with Crippen LogP contribution in [0.25, 0.3) is 0 Å². The third-order valence-corrected chi connectivity index (χ3v) is 7.20. The average Bonchev–Trinajstić information content (AvgIpc) is 3.30. The fourth-order valence-corrected chi connectivity index (χ4v) is 5.21. The summed E-state index contributed by atoms with van der Waals surface area (Å²) in [5.41, 5.74) is 3.94. The molecule has 0 saturated heterocycles. The maximum Gasteiger partial charge on any atom is 0.254 e. The van der Waals surface area contributed by atoms with Crippen molar-refractivity contribution in [2.75, 3.05) is 33.4 Å². The zero-order chi connectivity index (χ0) is 23.4. The van der Waals surface area contributed by atoms with Gasteiger partial charge in [0.25, 0.3) is 5.91 Å². The van der Waals surface area contributed by atoms with E-state index in [1.807, 2.05) is 4.90 Å². The molecule has 172 valence electrons. The maximum atomic E-state index is 13.6. The maximum absolute atomic E-state index is 13.6. The molecule has 0 spiro atoms. The lowest BCUT2D eigenvalue weighted by Gasteiger charge is -2.37. The molecule has 0 fully saturated rings. The van der Waals surface area contributed by atoms with Gasteiger partial charge in [-0.1, -0.05) is 41.4 Å². The quantitative estimate of drug-likeness (QED) is 0.477. The van der Waals surface area contributed by atoms with Gasteiger partial charge in [0.2, 0.25) is 5.91 Å². The number of hydrogen-bond acceptors (Lipinski definition) is 4. The Morgan fingerprint density at radius 2 is 1.85 bits per heavy atom. The number of amides is 2. The van der Waals surface area contributed by atoms with E-state index in [1.54, 1.807) is 47.6 Å². The fraction of sp³-hybridized carbons (Fsp3) is 0.308. The fourth-order valence-electron chi connectivity index (χ4n) is 4.18. The van der Waals surface area contributed by atoms with Crippen LogP contribution in [-0.2, 0) is 16.0 Å². The van der Waals surface area contributed by atoms with E-state index in [9.17, 15) is 9.59 Å². The average molecular weight is 483 g/mol. The van der Waals surface area contributed by atoms with Gasteiger partial charge in [0.1, 0.15) is 6.54 Å². The highest BCUT2D eigenvalue weighted by Crippen LogP contribution is 2.38. The lowest BCUT2D eigenvalue weighted by molar-refractivity contribution is -0.134. The van der Waals surface area contributed by atoms with Gasteiger partial charge >= 0.3 is 0 Å². The number of carbonyl (C=O) groups is 2. The zero-order valence-corrected chi connectivity index (χ0v) is 20.4. The molecular weight excluding hydrogens is 456 g/mol. The van der Waals surface area contributed by atoms with Crippen molar-refractivity contribution in [1.29, 1.82) is 0 Å². The molecule has 1 aromatic heterocycles. The second-order valence-electron chi connectivity index (χ2n) is 8.18. The van der Waals surface area contributed by atoms with Crippen LogP contribution in [0, 0.1) is 6.92 Å². The minimum Gasteiger partial charge on any atom is -0.383 e. The van der Waals surface area contributed by atoms with E-state index in [0.29, 0.717) is 30.3 Å². The largest absolute Gasteiger partial charge is 0.383 e. The molecule has 5 nitrogen and oxygen atoms in total. The van der Waals surface area contributed by atoms with Crippen molar-refractivity contribution < 1.29 is 14.3 Å². The van der Waals surface area contributed by atoms with Gasteiger partial charge in [-0.3, -0.25) is 9.59 Å². The molecule has 1 aliphatic rings. The van der Waals surface area contributed by atoms with Crippen LogP contribution < -0.4 is 0 Å². The van der Waals surface area contributed by atoms with Crippen molar-refractivity contribution >= 4 is 34.8 Å². The summed E-state index contributed by atoms with van der Waals surface area (Å²) in [6.45, 7) is 3.35. The summed E-state index contributed by atoms with van der Waals surface area (Å²) in [6, 6.07) is 17.0. The number of thiophene rings is 1. The molecule has 0 saturated carbocycles. The molecule has 2 amide bonds. The number of aryl methyl sites for hydroxylation is 1. The standard InChI is InChI=1S/C26H27ClN2O3S/c1-18-3-5-19(6-4-18)25-22-12-16-33-23(22)11-13-29(25)24(30)17-28(14-15-32-2)26(31)20-7-9-21(27)10-8-20/h3-10,12,16,25H,11,13-15,17H2,1-2H3. The lowest BCUT2D eigenvalue weighted by atomic mass is 9.92. The molecular formula is C26H27ClN2O3S. The Bertz CT molecular complexity index is 1110. The summed E-state index contributed by atoms with van der Waals surface area (Å²) in [5.74, 6) is -0.284. The van der Waals surface area contributed by atoms with Crippen LogP contribution in [0.3, 0.4) is 0 Å². The first kappa shape index (κ1) is 23.5. The minimum atomic E-state index is -0.211. The lowest BCUT2D eigenvalue weighted by Crippen LogP contribution is -2.47. The third-order valence-electron chi connectivity index (χ3n) is 5.95. The second-order valence-corrected chi connectivity index (χ2v) is 9.61. The van der Waals surface area contributed by atoms with E-state index < -0.39 is 0 Å². The monoisotopic (exact) mass is 482 g/mol. The third kappa shape index (κ3) is 5.29. The minimum absolute atomic E-state index is 0.00729. The summed E-state index contributed by atoms with van der Waals surface area (Å²) in [6.07, 6.45) is 0.824. The number of ether oxygens (including phenoxy) is 1. The Hall–Kier alpha value is -2.67. The van der Waals surface area contributed by atoms with Crippen LogP contribution >= 0.6 is 22.9 Å². The topological polar surface area (TPSA) is 49.9 Å². The molecule has 33 heavy (non-hydrogen) atoms. The number of benzene rings is 2. The molecule has 2 heterocycles. The van der Waals surface area contributed by atoms with E-state index in [1.165, 1.54) is 16.0 Å². The van der Waals surface area contributed by atoms with Gasteiger partial charge in [-0.25, -0.2) is 0 Å². The SMILES string of the molecule is COCCN(CC(=O)N1CCc2sccc2C1c1ccc(C)cc1)C(=O)c1ccc(Cl)cc1. The number of carbonyl (C=O) groups excluding carboxylic acids is 2. The van der Waals surface area contributed by atoms with Crippen LogP contribution in [0.15, 0.2) is 60.0 Å². The van der Waals surface area contributed by atoms with Crippen LogP contribution in [0.1, 0.15) is 38.0 Å². The molecule has 7 heteroatoms. The van der Waals surface area contributed by atoms with Crippen molar-refractivity contribution in [3.63, 3.8) is 0 Å². The number of methoxy groups -OCH3 is 1. The molecule has 0 bridgehead atoms. The predicted molar refractivity (Wildman–Crippen MR) is 132 cm³/mol. The van der Waals surface area contributed by atoms with Gasteiger partial charge in [0.05, 0.1) is 12.6 Å². The molecule has 3 aromatic rings. The normalized spacial score (nSPS) is 15.2. The van der Waals surface area contributed by atoms with Crippen LogP contribution in [-0.4, -0.2) is 55.0 Å². The van der Waals surface area contributed by atoms with E-state index in [4.69, 9.17) is 16.3 Å². The van der Waals surface area contributed by atoms with E-state index in [-0.39, 0.29) is 24.4 Å². The van der Waals surface area contributed by atoms with Crippen molar-refractivity contribution in [2.24, 2.45) is 0 Å².